The van der Waals surface area contributed by atoms with Gasteiger partial charge in [-0.3, -0.25) is 5.10 Å². The molecular formula is C22H33N7O3. The Balaban J connectivity index is 1.36. The van der Waals surface area contributed by atoms with Crippen molar-refractivity contribution in [2.45, 2.75) is 83.6 Å². The standard InChI is InChI=1S/C22H33N7O3/c1-5-23-20(24-13-18-26-19(28-27-18)17-7-6-10-31-17)25-14-11-15-8-9-16(12-14)29(15)21(30)32-22(2,3)4/h6-7,10,14-16H,5,8-9,11-13H2,1-4H3,(H2,23,24,25)(H,26,27,28). The molecule has 32 heavy (non-hydrogen) atoms. The molecule has 2 aromatic heterocycles. The van der Waals surface area contributed by atoms with Gasteiger partial charge in [-0.1, -0.05) is 0 Å². The van der Waals surface area contributed by atoms with Gasteiger partial charge in [-0.05, 0) is 65.5 Å². The van der Waals surface area contributed by atoms with Crippen LogP contribution in [0.5, 0.6) is 0 Å². The third kappa shape index (κ3) is 5.23. The number of carbonyl (C=O) groups excluding carboxylic acids is 1. The molecule has 2 aromatic rings. The van der Waals surface area contributed by atoms with E-state index in [1.807, 2.05) is 38.7 Å². The Morgan fingerprint density at radius 3 is 2.72 bits per heavy atom. The Kier molecular flexibility index (Phi) is 6.38. The smallest absolute Gasteiger partial charge is 0.410 e. The van der Waals surface area contributed by atoms with Crippen molar-refractivity contribution in [3.63, 3.8) is 0 Å². The van der Waals surface area contributed by atoms with Crippen LogP contribution < -0.4 is 10.6 Å². The van der Waals surface area contributed by atoms with Gasteiger partial charge in [0.25, 0.3) is 0 Å². The Hall–Kier alpha value is -3.04. The van der Waals surface area contributed by atoms with Gasteiger partial charge in [0.1, 0.15) is 18.0 Å². The number of furan rings is 1. The summed E-state index contributed by atoms with van der Waals surface area (Å²) in [5, 5.41) is 14.0. The van der Waals surface area contributed by atoms with Gasteiger partial charge >= 0.3 is 6.09 Å². The van der Waals surface area contributed by atoms with Gasteiger partial charge in [0.05, 0.1) is 6.26 Å². The van der Waals surface area contributed by atoms with Crippen LogP contribution in [-0.2, 0) is 11.3 Å². The highest BCUT2D eigenvalue weighted by molar-refractivity contribution is 5.80. The lowest BCUT2D eigenvalue weighted by Crippen LogP contribution is -2.55. The minimum atomic E-state index is -0.478. The van der Waals surface area contributed by atoms with Crippen LogP contribution in [0.1, 0.15) is 59.2 Å². The number of hydrogen-bond acceptors (Lipinski definition) is 6. The number of amides is 1. The predicted molar refractivity (Wildman–Crippen MR) is 120 cm³/mol. The van der Waals surface area contributed by atoms with Gasteiger partial charge in [0.15, 0.2) is 11.7 Å². The Bertz CT molecular complexity index is 918. The molecule has 2 atom stereocenters. The van der Waals surface area contributed by atoms with Crippen molar-refractivity contribution in [1.29, 1.82) is 0 Å². The fraction of sp³-hybridized carbons (Fsp3) is 0.636. The molecule has 2 saturated heterocycles. The number of nitrogens with zero attached hydrogens (tertiary/aromatic N) is 4. The van der Waals surface area contributed by atoms with E-state index < -0.39 is 5.60 Å². The van der Waals surface area contributed by atoms with Crippen molar-refractivity contribution >= 4 is 12.1 Å². The van der Waals surface area contributed by atoms with Gasteiger partial charge in [-0.25, -0.2) is 14.8 Å². The maximum atomic E-state index is 12.7. The van der Waals surface area contributed by atoms with Gasteiger partial charge in [0.2, 0.25) is 5.82 Å². The Morgan fingerprint density at radius 2 is 2.09 bits per heavy atom. The zero-order chi connectivity index (χ0) is 22.7. The molecule has 2 unspecified atom stereocenters. The number of H-pyrrole nitrogens is 1. The minimum Gasteiger partial charge on any atom is -0.461 e. The number of hydrogen-bond donors (Lipinski definition) is 3. The van der Waals surface area contributed by atoms with Crippen molar-refractivity contribution in [1.82, 2.24) is 30.7 Å². The first kappa shape index (κ1) is 22.2. The molecule has 10 heteroatoms. The highest BCUT2D eigenvalue weighted by Gasteiger charge is 2.45. The molecule has 0 aliphatic carbocycles. The predicted octanol–water partition coefficient (Wildman–Crippen LogP) is 3.05. The van der Waals surface area contributed by atoms with Crippen molar-refractivity contribution in [3.8, 4) is 11.6 Å². The van der Waals surface area contributed by atoms with E-state index in [1.54, 1.807) is 12.3 Å². The maximum Gasteiger partial charge on any atom is 0.410 e. The average Bonchev–Trinajstić information content (AvgIpc) is 3.44. The molecule has 10 nitrogen and oxygen atoms in total. The van der Waals surface area contributed by atoms with Crippen LogP contribution in [0.2, 0.25) is 0 Å². The third-order valence-electron chi connectivity index (χ3n) is 5.68. The number of nitrogens with one attached hydrogen (secondary N) is 3. The number of aromatic amines is 1. The molecule has 2 bridgehead atoms. The number of aliphatic imine (C=N–C) groups is 1. The van der Waals surface area contributed by atoms with Crippen LogP contribution in [0.25, 0.3) is 11.6 Å². The fourth-order valence-corrected chi connectivity index (χ4v) is 4.46. The SMILES string of the molecule is CCNC(=NCc1nc(-c2ccco2)n[nH]1)NC1CC2CCC(C1)N2C(=O)OC(C)(C)C. The number of carbonyl (C=O) groups is 1. The number of rotatable bonds is 5. The first-order chi connectivity index (χ1) is 15.3. The zero-order valence-electron chi connectivity index (χ0n) is 19.2. The third-order valence-corrected chi connectivity index (χ3v) is 5.68. The van der Waals surface area contributed by atoms with E-state index in [4.69, 9.17) is 9.15 Å². The average molecular weight is 444 g/mol. The lowest BCUT2D eigenvalue weighted by molar-refractivity contribution is 0.00545. The normalized spacial score (nSPS) is 23.3. The van der Waals surface area contributed by atoms with Crippen LogP contribution in [0, 0.1) is 0 Å². The summed E-state index contributed by atoms with van der Waals surface area (Å²) in [6.07, 6.45) is 5.20. The summed E-state index contributed by atoms with van der Waals surface area (Å²) in [6.45, 7) is 8.89. The monoisotopic (exact) mass is 443 g/mol. The van der Waals surface area contributed by atoms with E-state index in [1.165, 1.54) is 0 Å². The molecule has 0 spiro atoms. The number of piperidine rings is 1. The summed E-state index contributed by atoms with van der Waals surface area (Å²) >= 11 is 0. The van der Waals surface area contributed by atoms with Crippen LogP contribution >= 0.6 is 0 Å². The summed E-state index contributed by atoms with van der Waals surface area (Å²) < 4.78 is 11.0. The lowest BCUT2D eigenvalue weighted by atomic mass is 9.98. The summed E-state index contributed by atoms with van der Waals surface area (Å²) in [4.78, 5) is 23.7. The van der Waals surface area contributed by atoms with Gasteiger partial charge in [-0.2, -0.15) is 0 Å². The molecule has 0 radical (unpaired) electrons. The number of fused-ring (bicyclic) bond motifs is 2. The number of ether oxygens (including phenoxy) is 1. The topological polar surface area (TPSA) is 121 Å². The first-order valence-corrected chi connectivity index (χ1v) is 11.3. The second-order valence-electron chi connectivity index (χ2n) is 9.36. The van der Waals surface area contributed by atoms with E-state index in [-0.39, 0.29) is 24.2 Å². The molecule has 2 aliphatic heterocycles. The second kappa shape index (κ2) is 9.22. The van der Waals surface area contributed by atoms with E-state index in [2.05, 4.69) is 30.8 Å². The number of aromatic nitrogens is 3. The molecule has 2 aliphatic rings. The van der Waals surface area contributed by atoms with Crippen LogP contribution in [0.3, 0.4) is 0 Å². The summed E-state index contributed by atoms with van der Waals surface area (Å²) in [7, 11) is 0. The quantitative estimate of drug-likeness (QED) is 0.480. The fourth-order valence-electron chi connectivity index (χ4n) is 4.46. The summed E-state index contributed by atoms with van der Waals surface area (Å²) in [6, 6.07) is 4.28. The molecular weight excluding hydrogens is 410 g/mol. The molecule has 0 aromatic carbocycles. The van der Waals surface area contributed by atoms with Crippen molar-refractivity contribution in [3.05, 3.63) is 24.2 Å². The van der Waals surface area contributed by atoms with E-state index in [0.717, 1.165) is 38.2 Å². The van der Waals surface area contributed by atoms with E-state index in [9.17, 15) is 4.79 Å². The van der Waals surface area contributed by atoms with Gasteiger partial charge in [-0.15, -0.1) is 5.10 Å². The van der Waals surface area contributed by atoms with Gasteiger partial charge < -0.3 is 24.7 Å². The van der Waals surface area contributed by atoms with Crippen LogP contribution in [0.4, 0.5) is 4.79 Å². The minimum absolute atomic E-state index is 0.193. The molecule has 3 N–H and O–H groups in total. The lowest BCUT2D eigenvalue weighted by Gasteiger charge is -2.40. The van der Waals surface area contributed by atoms with Crippen molar-refractivity contribution < 1.29 is 13.9 Å². The largest absolute Gasteiger partial charge is 0.461 e. The summed E-state index contributed by atoms with van der Waals surface area (Å²) in [5.41, 5.74) is -0.478. The van der Waals surface area contributed by atoms with Crippen LogP contribution in [0.15, 0.2) is 27.8 Å². The molecule has 4 heterocycles. The van der Waals surface area contributed by atoms with Gasteiger partial charge in [0, 0.05) is 24.7 Å². The Labute approximate surface area is 188 Å². The highest BCUT2D eigenvalue weighted by Crippen LogP contribution is 2.36. The van der Waals surface area contributed by atoms with Crippen LogP contribution in [-0.4, -0.2) is 62.4 Å². The maximum absolute atomic E-state index is 12.7. The van der Waals surface area contributed by atoms with E-state index >= 15 is 0 Å². The molecule has 0 saturated carbocycles. The van der Waals surface area contributed by atoms with Crippen molar-refractivity contribution in [2.75, 3.05) is 6.54 Å². The van der Waals surface area contributed by atoms with Crippen molar-refractivity contribution in [2.24, 2.45) is 4.99 Å². The summed E-state index contributed by atoms with van der Waals surface area (Å²) in [5.74, 6) is 2.53. The van der Waals surface area contributed by atoms with E-state index in [0.29, 0.717) is 24.0 Å². The molecule has 4 rings (SSSR count). The molecule has 1 amide bonds. The molecule has 174 valence electrons. The highest BCUT2D eigenvalue weighted by atomic mass is 16.6. The second-order valence-corrected chi connectivity index (χ2v) is 9.36. The Morgan fingerprint density at radius 1 is 1.34 bits per heavy atom. The zero-order valence-corrected chi connectivity index (χ0v) is 19.2. The number of guanidine groups is 1. The first-order valence-electron chi connectivity index (χ1n) is 11.3. The molecule has 2 fully saturated rings.